The van der Waals surface area contributed by atoms with Gasteiger partial charge in [0.05, 0.1) is 55.8 Å². The molecule has 2 saturated carbocycles. The molecule has 4 aliphatic rings. The van der Waals surface area contributed by atoms with Gasteiger partial charge in [0.15, 0.2) is 23.0 Å². The van der Waals surface area contributed by atoms with Crippen LogP contribution in [0.4, 0.5) is 9.59 Å². The Hall–Kier alpha value is -5.36. The second-order valence-electron chi connectivity index (χ2n) is 15.4. The minimum atomic E-state index is -0.632. The Morgan fingerprint density at radius 3 is 2.03 bits per heavy atom. The molecule has 2 aromatic carbocycles. The minimum absolute atomic E-state index is 0.0813. The lowest BCUT2D eigenvalue weighted by Crippen LogP contribution is -2.51. The van der Waals surface area contributed by atoms with Gasteiger partial charge in [0.1, 0.15) is 23.7 Å². The van der Waals surface area contributed by atoms with Gasteiger partial charge in [-0.25, -0.2) is 19.6 Å². The van der Waals surface area contributed by atoms with Crippen molar-refractivity contribution in [2.24, 2.45) is 11.8 Å². The van der Waals surface area contributed by atoms with Gasteiger partial charge in [-0.05, 0) is 73.9 Å². The molecule has 3 fully saturated rings. The molecule has 0 radical (unpaired) electrons. The highest BCUT2D eigenvalue weighted by atomic mass is 32.2. The average molecular weight is 859 g/mol. The molecule has 4 heterocycles. The van der Waals surface area contributed by atoms with Gasteiger partial charge in [-0.3, -0.25) is 9.59 Å². The van der Waals surface area contributed by atoms with Crippen LogP contribution in [0.15, 0.2) is 48.8 Å². The summed E-state index contributed by atoms with van der Waals surface area (Å²) in [6.45, 7) is 0. The fourth-order valence-corrected chi connectivity index (χ4v) is 10.4. The fraction of sp³-hybridized carbons (Fsp3) is 0.476. The number of nitrogens with one attached hydrogen (secondary N) is 5. The average Bonchev–Trinajstić information content (AvgIpc) is 4.13. The van der Waals surface area contributed by atoms with E-state index in [-0.39, 0.29) is 29.7 Å². The van der Waals surface area contributed by atoms with E-state index in [2.05, 4.69) is 30.9 Å². The smallest absolute Gasteiger partial charge is 0.407 e. The summed E-state index contributed by atoms with van der Waals surface area (Å²) in [4.78, 5) is 68.8. The second-order valence-corrected chi connectivity index (χ2v) is 17.5. The summed E-state index contributed by atoms with van der Waals surface area (Å²) in [5.41, 5.74) is 3.37. The quantitative estimate of drug-likeness (QED) is 0.0560. The first kappa shape index (κ1) is 41.4. The number of aromatic nitrogens is 4. The van der Waals surface area contributed by atoms with Crippen molar-refractivity contribution in [1.29, 1.82) is 0 Å². The molecular formula is C42H50N8O8S2. The standard InChI is InChI=1S/C42H50N8O8S2/c1-55-41(53)48-36(24-7-3-4-8-24)39(51)45-22-59-16-15-35-43-19-28(46-35)26-11-13-31-33(17-26)57-32-14-12-27(18-34(32)58-31)29-20-44-38(47-29)30-21-60-23-50(30)40(52)37(49-42(54)56-2)25-9-5-6-10-25/h11-14,17-20,24-25,30,36-37H,3-10,15-16,21-23H2,1-2H3,(H,43,46)(H,44,47)(H,45,51)(H,48,53)(H,49,54). The Morgan fingerprint density at radius 2 is 1.40 bits per heavy atom. The molecule has 0 spiro atoms. The first-order valence-corrected chi connectivity index (χ1v) is 22.7. The Labute approximate surface area is 356 Å². The molecule has 18 heteroatoms. The van der Waals surface area contributed by atoms with E-state index < -0.39 is 24.3 Å². The highest BCUT2D eigenvalue weighted by molar-refractivity contribution is 7.99. The molecule has 3 unspecified atom stereocenters. The molecule has 2 aliphatic heterocycles. The van der Waals surface area contributed by atoms with Gasteiger partial charge < -0.3 is 49.8 Å². The van der Waals surface area contributed by atoms with Gasteiger partial charge in [-0.2, -0.15) is 0 Å². The van der Waals surface area contributed by atoms with Gasteiger partial charge >= 0.3 is 12.2 Å². The maximum absolute atomic E-state index is 13.9. The SMILES string of the molecule is COC(=O)NC(C(=O)NCSCCc1ncc(-c2ccc3c(c2)Oc2ccc(-c4cnc(C5CSCN5C(=O)C(NC(=O)OC)C5CCCC5)[nH]4)cc2O3)[nH]1)C1CCCC1. The van der Waals surface area contributed by atoms with Crippen molar-refractivity contribution < 1.29 is 38.1 Å². The van der Waals surface area contributed by atoms with E-state index in [0.29, 0.717) is 52.7 Å². The molecule has 318 valence electrons. The zero-order valence-corrected chi connectivity index (χ0v) is 35.3. The summed E-state index contributed by atoms with van der Waals surface area (Å²) in [5.74, 6) is 6.09. The largest absolute Gasteiger partial charge is 0.453 e. The van der Waals surface area contributed by atoms with Crippen molar-refractivity contribution >= 4 is 47.5 Å². The molecule has 2 aliphatic carbocycles. The van der Waals surface area contributed by atoms with Crippen molar-refractivity contribution in [1.82, 2.24) is 40.8 Å². The molecule has 60 heavy (non-hydrogen) atoms. The Morgan fingerprint density at radius 1 is 0.817 bits per heavy atom. The molecule has 1 saturated heterocycles. The van der Waals surface area contributed by atoms with Crippen molar-refractivity contribution in [3.05, 3.63) is 60.4 Å². The molecule has 0 bridgehead atoms. The number of thioether (sulfide) groups is 2. The van der Waals surface area contributed by atoms with Gasteiger partial charge in [-0.15, -0.1) is 23.5 Å². The van der Waals surface area contributed by atoms with Crippen molar-refractivity contribution in [3.8, 4) is 45.5 Å². The number of benzene rings is 2. The van der Waals surface area contributed by atoms with Crippen molar-refractivity contribution in [3.63, 3.8) is 0 Å². The maximum Gasteiger partial charge on any atom is 0.407 e. The highest BCUT2D eigenvalue weighted by Gasteiger charge is 2.41. The summed E-state index contributed by atoms with van der Waals surface area (Å²) in [5, 5.41) is 8.49. The van der Waals surface area contributed by atoms with Gasteiger partial charge in [0.25, 0.3) is 0 Å². The van der Waals surface area contributed by atoms with Crippen LogP contribution in [0.3, 0.4) is 0 Å². The Bertz CT molecular complexity index is 2190. The lowest BCUT2D eigenvalue weighted by atomic mass is 9.96. The summed E-state index contributed by atoms with van der Waals surface area (Å²) in [6.07, 6.45) is 10.9. The van der Waals surface area contributed by atoms with Crippen LogP contribution in [0.2, 0.25) is 0 Å². The fourth-order valence-electron chi connectivity index (χ4n) is 8.48. The third-order valence-electron chi connectivity index (χ3n) is 11.7. The molecule has 8 rings (SSSR count). The molecule has 4 aromatic rings. The number of alkyl carbamates (subject to hydrolysis) is 2. The number of hydrogen-bond donors (Lipinski definition) is 5. The van der Waals surface area contributed by atoms with E-state index in [4.69, 9.17) is 23.9 Å². The lowest BCUT2D eigenvalue weighted by molar-refractivity contribution is -0.135. The number of methoxy groups -OCH3 is 2. The number of fused-ring (bicyclic) bond motifs is 2. The van der Waals surface area contributed by atoms with Crippen LogP contribution in [0.5, 0.6) is 23.0 Å². The van der Waals surface area contributed by atoms with Crippen molar-refractivity contribution in [2.75, 3.05) is 37.5 Å². The number of H-pyrrole nitrogens is 2. The number of nitrogens with zero attached hydrogens (tertiary/aromatic N) is 3. The van der Waals surface area contributed by atoms with E-state index >= 15 is 0 Å². The lowest BCUT2D eigenvalue weighted by Gasteiger charge is -2.30. The third kappa shape index (κ3) is 9.33. The van der Waals surface area contributed by atoms with E-state index in [1.165, 1.54) is 14.2 Å². The normalized spacial score (nSPS) is 18.4. The van der Waals surface area contributed by atoms with Crippen LogP contribution >= 0.6 is 23.5 Å². The minimum Gasteiger partial charge on any atom is -0.453 e. The summed E-state index contributed by atoms with van der Waals surface area (Å²) in [6, 6.07) is 9.97. The van der Waals surface area contributed by atoms with Crippen LogP contribution in [0.25, 0.3) is 22.5 Å². The Balaban J connectivity index is 0.852. The zero-order chi connectivity index (χ0) is 41.6. The predicted octanol–water partition coefficient (Wildman–Crippen LogP) is 7.12. The monoisotopic (exact) mass is 858 g/mol. The highest BCUT2D eigenvalue weighted by Crippen LogP contribution is 2.48. The van der Waals surface area contributed by atoms with Crippen LogP contribution < -0.4 is 25.4 Å². The topological polar surface area (TPSA) is 202 Å². The van der Waals surface area contributed by atoms with Crippen LogP contribution in [-0.2, 0) is 25.5 Å². The molecule has 4 amide bonds. The van der Waals surface area contributed by atoms with Crippen LogP contribution in [0.1, 0.15) is 69.1 Å². The first-order chi connectivity index (χ1) is 29.3. The van der Waals surface area contributed by atoms with E-state index in [1.54, 1.807) is 35.9 Å². The van der Waals surface area contributed by atoms with Gasteiger partial charge in [-0.1, -0.05) is 25.7 Å². The predicted molar refractivity (Wildman–Crippen MR) is 227 cm³/mol. The number of hydrogen-bond acceptors (Lipinski definition) is 12. The van der Waals surface area contributed by atoms with Crippen LogP contribution in [-0.4, -0.2) is 98.4 Å². The summed E-state index contributed by atoms with van der Waals surface area (Å²) < 4.78 is 22.2. The van der Waals surface area contributed by atoms with Crippen molar-refractivity contribution in [2.45, 2.75) is 75.9 Å². The number of rotatable bonds is 14. The van der Waals surface area contributed by atoms with E-state index in [1.807, 2.05) is 41.3 Å². The molecule has 2 aromatic heterocycles. The van der Waals surface area contributed by atoms with E-state index in [0.717, 1.165) is 85.5 Å². The number of imidazole rings is 2. The maximum atomic E-state index is 13.9. The number of carbonyl (C=O) groups is 4. The second kappa shape index (κ2) is 18.9. The number of aromatic amines is 2. The third-order valence-corrected chi connectivity index (χ3v) is 13.5. The molecule has 16 nitrogen and oxygen atoms in total. The van der Waals surface area contributed by atoms with Crippen LogP contribution in [0, 0.1) is 11.8 Å². The van der Waals surface area contributed by atoms with E-state index in [9.17, 15) is 19.2 Å². The summed E-state index contributed by atoms with van der Waals surface area (Å²) in [7, 11) is 2.61. The number of ether oxygens (including phenoxy) is 4. The number of carbonyl (C=O) groups excluding carboxylic acids is 4. The molecule has 3 atom stereocenters. The summed E-state index contributed by atoms with van der Waals surface area (Å²) >= 11 is 3.25. The number of aryl methyl sites for hydroxylation is 1. The molecule has 5 N–H and O–H groups in total. The van der Waals surface area contributed by atoms with Gasteiger partial charge in [0, 0.05) is 29.1 Å². The van der Waals surface area contributed by atoms with Gasteiger partial charge in [0.2, 0.25) is 11.8 Å². The zero-order valence-electron chi connectivity index (χ0n) is 33.6. The number of amides is 4. The first-order valence-electron chi connectivity index (χ1n) is 20.4. The Kier molecular flexibility index (Phi) is 13.0. The molecular weight excluding hydrogens is 809 g/mol.